The summed E-state index contributed by atoms with van der Waals surface area (Å²) in [7, 11) is -2.06. The first kappa shape index (κ1) is 85.5. The molecule has 2 aromatic heterocycles. The van der Waals surface area contributed by atoms with E-state index in [4.69, 9.17) is 80.4 Å². The lowest BCUT2D eigenvalue weighted by Crippen LogP contribution is -2.32. The standard InChI is InChI=1S/C12H13NO3.2C12H10O.C10H10BrNOS.C10H11N3O3S.C9H13NO2.C7H4O2S2.C6H4Cl2O2.CH4/c1-12(7-10(14)13-11(12)15)8-3-5-9(16-2)6-4-8;13-12-9-5-4-8-11(12)10-6-2-1-3-7-10;13-12-8-4-7-11(9-12)10-5-2-1-3-6-10;1-10(6-12-9(13)14-10)7-2-4-8(11)5-3-7;1-7-6-10(12-16-7)13-17(14,15)9-4-2-8(11)3-5-9;11-7-9(12)6-10-8-4-2-1-3-5-8;8-4-1-2-5-6(3-4)11-7(10)9-5;7-3-1-5(9)6(10)2-4(3)8;/h3-6H,7H2,1-2H3,(H,13,14,15);2*1-9,13H;2-5H,6H2,1H3,(H,12,13);2-6H,11H2,1H3,(H,12,13);1-5,9-12H,6-7H2;1-3,8H;1-2,9-10H;1H4. The highest BCUT2D eigenvalue weighted by molar-refractivity contribution is 9.10. The average molecular weight is 1630 g/mol. The van der Waals surface area contributed by atoms with E-state index < -0.39 is 21.5 Å². The lowest BCUT2D eigenvalue weighted by atomic mass is 9.81. The number of fused-ring (bicyclic) bond motifs is 1. The summed E-state index contributed by atoms with van der Waals surface area (Å²) in [5.74, 6) is 1.30. The number of hydrogen-bond donors (Lipinski definition) is 12. The number of thioether (sulfide) groups is 1. The molecule has 2 aliphatic heterocycles. The molecule has 14 rings (SSSR count). The number of nitrogens with one attached hydrogen (secondary N) is 4. The van der Waals surface area contributed by atoms with Crippen LogP contribution in [-0.4, -0.2) is 99.3 Å². The lowest BCUT2D eigenvalue weighted by Gasteiger charge is -2.20. The summed E-state index contributed by atoms with van der Waals surface area (Å²) >= 11 is 21.9. The van der Waals surface area contributed by atoms with Crippen molar-refractivity contribution >= 4 is 129 Å². The number of phenolic OH excluding ortho intramolecular Hbond substituents is 5. The Morgan fingerprint density at radius 3 is 1.78 bits per heavy atom. The van der Waals surface area contributed by atoms with Crippen LogP contribution in [0.5, 0.6) is 34.5 Å². The predicted molar refractivity (Wildman–Crippen MR) is 432 cm³/mol. The van der Waals surface area contributed by atoms with Gasteiger partial charge in [-0.15, -0.1) is 0 Å². The summed E-state index contributed by atoms with van der Waals surface area (Å²) in [6.07, 6.45) is -0.483. The van der Waals surface area contributed by atoms with E-state index >= 15 is 0 Å². The first-order chi connectivity index (χ1) is 50.6. The Balaban J connectivity index is 0.000000192. The Hall–Kier alpha value is -10.4. The van der Waals surface area contributed by atoms with Crippen molar-refractivity contribution in [2.24, 2.45) is 0 Å². The molecular weight excluding hydrogens is 1550 g/mol. The van der Waals surface area contributed by atoms with Crippen molar-refractivity contribution in [3.05, 3.63) is 284 Å². The maximum Gasteiger partial charge on any atom is 0.280 e. The number of methoxy groups -OCH3 is 1. The molecule has 107 heavy (non-hydrogen) atoms. The number of carbonyl (C=O) groups is 3. The summed E-state index contributed by atoms with van der Waals surface area (Å²) in [5, 5.41) is 75.3. The van der Waals surface area contributed by atoms with Gasteiger partial charge in [-0.3, -0.25) is 24.4 Å². The number of nitrogens with two attached hydrogens (primary N) is 1. The predicted octanol–water partition coefficient (Wildman–Crippen LogP) is 18.0. The van der Waals surface area contributed by atoms with E-state index in [0.29, 0.717) is 40.1 Å². The normalized spacial score (nSPS) is 14.7. The topological polar surface area (TPSA) is 350 Å². The van der Waals surface area contributed by atoms with Crippen LogP contribution in [0.1, 0.15) is 44.6 Å². The number of imide groups is 1. The SMILES string of the molecule is C.CC1(c2ccc(Br)cc2)CNC(=O)S1.COc1ccc(C2(C)CC(=O)NC2=O)cc1.Cc1cc(NS(=O)(=O)c2ccc(N)cc2)no1.OCC(O)CNc1ccccc1.Oc1cc(Cl)c(Cl)cc1O.Oc1ccc2oc(=S)sc2c1.Oc1cccc(-c2ccccc2)c1.Oc1ccccc1-c1ccccc1. The molecule has 4 heterocycles. The summed E-state index contributed by atoms with van der Waals surface area (Å²) < 4.78 is 43.4. The number of sulfonamides is 1. The molecule has 560 valence electrons. The fourth-order valence-corrected chi connectivity index (χ4v) is 13.1. The molecule has 2 fully saturated rings. The van der Waals surface area contributed by atoms with Crippen molar-refractivity contribution in [1.29, 1.82) is 0 Å². The minimum atomic E-state index is -3.64. The number of amides is 3. The number of aromatic nitrogens is 1. The van der Waals surface area contributed by atoms with Crippen LogP contribution in [0.15, 0.2) is 267 Å². The molecule has 0 spiro atoms. The van der Waals surface area contributed by atoms with Crippen LogP contribution in [0.3, 0.4) is 0 Å². The van der Waals surface area contributed by atoms with Gasteiger partial charge in [-0.1, -0.05) is 208 Å². The number of nitrogen functional groups attached to an aromatic ring is 1. The number of ether oxygens (including phenoxy) is 1. The number of phenols is 5. The third kappa shape index (κ3) is 26.9. The van der Waals surface area contributed by atoms with Gasteiger partial charge in [0.25, 0.3) is 15.3 Å². The zero-order valence-electron chi connectivity index (χ0n) is 57.3. The van der Waals surface area contributed by atoms with Crippen molar-refractivity contribution < 1.29 is 72.2 Å². The molecular formula is C79H79BrCl2N6O15S4. The van der Waals surface area contributed by atoms with E-state index in [-0.39, 0.29) is 80.3 Å². The number of benzene rings is 10. The zero-order chi connectivity index (χ0) is 77.0. The lowest BCUT2D eigenvalue weighted by molar-refractivity contribution is -0.126. The molecule has 21 nitrogen and oxygen atoms in total. The van der Waals surface area contributed by atoms with Crippen LogP contribution in [-0.2, 0) is 29.8 Å². The van der Waals surface area contributed by atoms with Gasteiger partial charge in [0.05, 0.1) is 49.6 Å². The second-order valence-electron chi connectivity index (χ2n) is 23.3. The van der Waals surface area contributed by atoms with Gasteiger partial charge in [0.1, 0.15) is 34.3 Å². The summed E-state index contributed by atoms with van der Waals surface area (Å²) in [6, 6.07) is 74.0. The number of anilines is 3. The molecule has 0 saturated carbocycles. The molecule has 2 aliphatic rings. The first-order valence-electron chi connectivity index (χ1n) is 32.0. The van der Waals surface area contributed by atoms with Gasteiger partial charge in [0.15, 0.2) is 17.3 Å². The number of aliphatic hydroxyl groups is 2. The van der Waals surface area contributed by atoms with Crippen LogP contribution < -0.4 is 31.1 Å². The highest BCUT2D eigenvalue weighted by Crippen LogP contribution is 2.41. The maximum absolute atomic E-state index is 11.9. The van der Waals surface area contributed by atoms with Crippen molar-refractivity contribution in [1.82, 2.24) is 15.8 Å². The van der Waals surface area contributed by atoms with Crippen LogP contribution in [0, 0.1) is 10.9 Å². The van der Waals surface area contributed by atoms with Crippen LogP contribution in [0.25, 0.3) is 32.5 Å². The Morgan fingerprint density at radius 1 is 0.682 bits per heavy atom. The van der Waals surface area contributed by atoms with Crippen molar-refractivity contribution in [3.63, 3.8) is 0 Å². The highest BCUT2D eigenvalue weighted by Gasteiger charge is 2.44. The molecule has 0 radical (unpaired) electrons. The molecule has 0 aliphatic carbocycles. The zero-order valence-corrected chi connectivity index (χ0v) is 63.6. The fourth-order valence-electron chi connectivity index (χ4n) is 9.54. The minimum absolute atomic E-state index is 0. The van der Waals surface area contributed by atoms with E-state index in [1.54, 1.807) is 69.5 Å². The van der Waals surface area contributed by atoms with Gasteiger partial charge in [-0.2, -0.15) is 0 Å². The Morgan fingerprint density at radius 2 is 1.24 bits per heavy atom. The third-order valence-corrected chi connectivity index (χ3v) is 20.1. The maximum atomic E-state index is 11.9. The number of halogens is 3. The molecule has 0 bridgehead atoms. The van der Waals surface area contributed by atoms with E-state index in [1.807, 2.05) is 146 Å². The summed E-state index contributed by atoms with van der Waals surface area (Å²) in [4.78, 5) is 34.2. The third-order valence-electron chi connectivity index (χ3n) is 15.2. The highest BCUT2D eigenvalue weighted by atomic mass is 79.9. The van der Waals surface area contributed by atoms with Gasteiger partial charge in [-0.25, -0.2) is 8.42 Å². The molecule has 13 N–H and O–H groups in total. The van der Waals surface area contributed by atoms with E-state index in [0.717, 1.165) is 54.0 Å². The number of rotatable bonds is 12. The summed E-state index contributed by atoms with van der Waals surface area (Å²) in [6.45, 7) is 6.40. The number of aryl methyl sites for hydroxylation is 1. The van der Waals surface area contributed by atoms with Crippen LogP contribution in [0.2, 0.25) is 10.0 Å². The Kier molecular flexibility index (Phi) is 33.2. The van der Waals surface area contributed by atoms with Crippen molar-refractivity contribution in [3.8, 4) is 56.8 Å². The number of hydrogen-bond acceptors (Lipinski definition) is 21. The second-order valence-corrected chi connectivity index (χ2v) is 29.8. The Labute approximate surface area is 651 Å². The molecule has 12 aromatic rings. The number of nitrogens with zero attached hydrogens (tertiary/aromatic N) is 1. The van der Waals surface area contributed by atoms with E-state index in [1.165, 1.54) is 71.1 Å². The van der Waals surface area contributed by atoms with Gasteiger partial charge < -0.3 is 65.8 Å². The van der Waals surface area contributed by atoms with Gasteiger partial charge >= 0.3 is 0 Å². The molecule has 3 unspecified atom stereocenters. The monoisotopic (exact) mass is 1630 g/mol. The van der Waals surface area contributed by atoms with E-state index in [2.05, 4.69) is 60.8 Å². The van der Waals surface area contributed by atoms with Crippen LogP contribution >= 0.6 is 74.4 Å². The largest absolute Gasteiger partial charge is 0.508 e. The van der Waals surface area contributed by atoms with E-state index in [9.17, 15) is 33.0 Å². The molecule has 28 heteroatoms. The fraction of sp³-hybridized carbons (Fsp3) is 0.152. The molecule has 3 atom stereocenters. The van der Waals surface area contributed by atoms with Crippen molar-refractivity contribution in [2.75, 3.05) is 42.6 Å². The molecule has 10 aromatic carbocycles. The van der Waals surface area contributed by atoms with Crippen molar-refractivity contribution in [2.45, 2.75) is 55.8 Å². The average Bonchev–Trinajstić information content (AvgIpc) is 1.65. The number of carbonyl (C=O) groups excluding carboxylic acids is 3. The second kappa shape index (κ2) is 41.5. The van der Waals surface area contributed by atoms with Gasteiger partial charge in [0, 0.05) is 65.2 Å². The molecule has 2 saturated heterocycles. The first-order valence-corrected chi connectivity index (χ1v) is 37.0. The number of aromatic hydroxyl groups is 5. The number of para-hydroxylation sites is 2. The summed E-state index contributed by atoms with van der Waals surface area (Å²) in [5.41, 5.74) is 13.0. The number of aliphatic hydroxyl groups excluding tert-OH is 2. The van der Waals surface area contributed by atoms with Crippen LogP contribution in [0.4, 0.5) is 22.0 Å². The van der Waals surface area contributed by atoms with Gasteiger partial charge in [0.2, 0.25) is 15.8 Å². The smallest absolute Gasteiger partial charge is 0.280 e. The Bertz CT molecular complexity index is 4950. The minimum Gasteiger partial charge on any atom is -0.508 e. The van der Waals surface area contributed by atoms with Gasteiger partial charge in [-0.05, 0) is 152 Å². The quantitative estimate of drug-likeness (QED) is 0.0234. The molecule has 3 amide bonds.